The minimum atomic E-state index is 0.675. The average molecular weight is 848 g/mol. The fourth-order valence-electron chi connectivity index (χ4n) is 6.97. The Kier molecular flexibility index (Phi) is 19.3. The highest BCUT2D eigenvalue weighted by Crippen LogP contribution is 2.35. The first-order valence-electron chi connectivity index (χ1n) is 21.5. The van der Waals surface area contributed by atoms with E-state index in [9.17, 15) is 0 Å². The number of nitrogens with zero attached hydrogens (tertiary/aromatic N) is 5. The summed E-state index contributed by atoms with van der Waals surface area (Å²) in [6, 6.07) is 52.2. The molecule has 5 nitrogen and oxygen atoms in total. The second-order valence-corrected chi connectivity index (χ2v) is 14.4. The summed E-state index contributed by atoms with van der Waals surface area (Å²) in [5.41, 5.74) is 11.5. The van der Waals surface area contributed by atoms with Crippen molar-refractivity contribution in [2.45, 2.75) is 27.3 Å². The molecule has 0 amide bonds. The van der Waals surface area contributed by atoms with E-state index in [0.717, 1.165) is 56.8 Å². The van der Waals surface area contributed by atoms with Gasteiger partial charge in [0.15, 0.2) is 0 Å². The van der Waals surface area contributed by atoms with Gasteiger partial charge < -0.3 is 4.57 Å². The number of hydrogen-bond acceptors (Lipinski definition) is 4. The first kappa shape index (κ1) is 47.8. The molecule has 7 aromatic rings. The Morgan fingerprint density at radius 1 is 0.523 bits per heavy atom. The fourth-order valence-corrected chi connectivity index (χ4v) is 6.97. The quantitative estimate of drug-likeness (QED) is 0.0729. The van der Waals surface area contributed by atoms with E-state index in [-0.39, 0.29) is 0 Å². The van der Waals surface area contributed by atoms with E-state index in [4.69, 9.17) is 4.99 Å². The molecule has 65 heavy (non-hydrogen) atoms. The van der Waals surface area contributed by atoms with Gasteiger partial charge in [-0.25, -0.2) is 0 Å². The zero-order chi connectivity index (χ0) is 46.1. The van der Waals surface area contributed by atoms with Crippen LogP contribution in [0.15, 0.2) is 257 Å². The highest BCUT2D eigenvalue weighted by Gasteiger charge is 2.14. The van der Waals surface area contributed by atoms with Gasteiger partial charge in [0, 0.05) is 39.4 Å². The van der Waals surface area contributed by atoms with Gasteiger partial charge in [0.05, 0.1) is 34.7 Å². The van der Waals surface area contributed by atoms with Crippen molar-refractivity contribution in [2.75, 3.05) is 0 Å². The Bertz CT molecular complexity index is 2870. The lowest BCUT2D eigenvalue weighted by atomic mass is 9.95. The van der Waals surface area contributed by atoms with E-state index >= 15 is 0 Å². The predicted octanol–water partition coefficient (Wildman–Crippen LogP) is 15.9. The van der Waals surface area contributed by atoms with Crippen LogP contribution in [0, 0.1) is 0 Å². The monoisotopic (exact) mass is 847 g/mol. The molecule has 0 atom stereocenters. The molecule has 0 fully saturated rings. The maximum atomic E-state index is 4.82. The maximum absolute atomic E-state index is 4.82. The Labute approximate surface area is 385 Å². The standard InChI is InChI=1S/C46H38N4.C8H9N.C6H10/c1-5-7-8-9-17-28-49-44(34-20-11-10-12-21-34)33-43(48-4)38-30-36(29-37(31-38)42(47-3)19-6-2)35-22-18-23-39(32-35)50-45-26-15-13-24-40(45)41-25-14-16-27-46(41)50;1-9-7-8-5-3-2-4-6-8;1-3-5-6-4-2/h5-33H,2-4H2,1H3;2-6H,1,7H2;3-6H,1-2H3/b7-5+,9-8-,28-17-,42-19-,43-33-,49-44-;;5-3-,6-4+. The van der Waals surface area contributed by atoms with E-state index in [1.807, 2.05) is 148 Å². The SMILES string of the molecule is C/C=C\C=C\C.C=C/C=C(\N=C)c1cc(/C(=C/C(=N/C=C\C=C/C=C/C)c2ccccc2)N=C)cc(-c2cccc(-n3c4ccccc4c4ccccc43)c2)c1.C=NCc1ccccc1. The molecular formula is C60H57N5. The lowest BCUT2D eigenvalue weighted by Crippen LogP contribution is -1.99. The summed E-state index contributed by atoms with van der Waals surface area (Å²) in [7, 11) is 0. The largest absolute Gasteiger partial charge is 0.309 e. The number of hydrogen-bond donors (Lipinski definition) is 0. The van der Waals surface area contributed by atoms with Crippen molar-refractivity contribution in [3.8, 4) is 16.8 Å². The van der Waals surface area contributed by atoms with Crippen LogP contribution < -0.4 is 0 Å². The third kappa shape index (κ3) is 13.6. The summed E-state index contributed by atoms with van der Waals surface area (Å²) in [5.74, 6) is 0. The number of para-hydroxylation sites is 2. The zero-order valence-electron chi connectivity index (χ0n) is 37.7. The molecule has 0 saturated heterocycles. The van der Waals surface area contributed by atoms with E-state index in [1.165, 1.54) is 16.3 Å². The molecule has 0 spiro atoms. The van der Waals surface area contributed by atoms with Gasteiger partial charge in [0.2, 0.25) is 0 Å². The van der Waals surface area contributed by atoms with Gasteiger partial charge in [-0.15, -0.1) is 0 Å². The molecule has 0 saturated carbocycles. The highest BCUT2D eigenvalue weighted by atomic mass is 15.0. The van der Waals surface area contributed by atoms with Gasteiger partial charge in [0.1, 0.15) is 0 Å². The lowest BCUT2D eigenvalue weighted by Gasteiger charge is -2.14. The maximum Gasteiger partial charge on any atom is 0.0723 e. The van der Waals surface area contributed by atoms with Crippen LogP contribution >= 0.6 is 0 Å². The minimum absolute atomic E-state index is 0.675. The van der Waals surface area contributed by atoms with Crippen LogP contribution in [0.4, 0.5) is 0 Å². The normalized spacial score (nSPS) is 12.2. The lowest BCUT2D eigenvalue weighted by molar-refractivity contribution is 1.08. The molecule has 1 aromatic heterocycles. The van der Waals surface area contributed by atoms with E-state index < -0.39 is 0 Å². The molecule has 1 heterocycles. The van der Waals surface area contributed by atoms with Gasteiger partial charge in [-0.05, 0) is 118 Å². The van der Waals surface area contributed by atoms with Crippen LogP contribution in [0.3, 0.4) is 0 Å². The molecule has 0 aliphatic rings. The topological polar surface area (TPSA) is 54.4 Å². The highest BCUT2D eigenvalue weighted by molar-refractivity contribution is 6.13. The molecule has 7 rings (SSSR count). The second kappa shape index (κ2) is 26.3. The van der Waals surface area contributed by atoms with Crippen LogP contribution in [0.25, 0.3) is 50.0 Å². The molecule has 6 aromatic carbocycles. The van der Waals surface area contributed by atoms with Crippen molar-refractivity contribution in [1.29, 1.82) is 0 Å². The van der Waals surface area contributed by atoms with Gasteiger partial charge in [-0.3, -0.25) is 20.0 Å². The number of benzene rings is 6. The van der Waals surface area contributed by atoms with Gasteiger partial charge in [-0.2, -0.15) is 0 Å². The van der Waals surface area contributed by atoms with Crippen LogP contribution in [0.2, 0.25) is 0 Å². The van der Waals surface area contributed by atoms with Gasteiger partial charge in [-0.1, -0.05) is 170 Å². The molecule has 0 aliphatic carbocycles. The Morgan fingerprint density at radius 2 is 1.08 bits per heavy atom. The van der Waals surface area contributed by atoms with Crippen LogP contribution in [0.5, 0.6) is 0 Å². The van der Waals surface area contributed by atoms with E-state index in [0.29, 0.717) is 11.4 Å². The number of aliphatic imine (C=N–C) groups is 4. The van der Waals surface area contributed by atoms with Gasteiger partial charge in [0.25, 0.3) is 0 Å². The number of fused-ring (bicyclic) bond motifs is 3. The first-order chi connectivity index (χ1) is 32.0. The molecule has 5 heteroatoms. The third-order valence-electron chi connectivity index (χ3n) is 9.96. The Balaban J connectivity index is 0.000000450. The second-order valence-electron chi connectivity index (χ2n) is 14.4. The predicted molar refractivity (Wildman–Crippen MR) is 287 cm³/mol. The van der Waals surface area contributed by atoms with Crippen molar-refractivity contribution in [3.05, 3.63) is 260 Å². The summed E-state index contributed by atoms with van der Waals surface area (Å²) in [6.07, 6.45) is 25.1. The van der Waals surface area contributed by atoms with E-state index in [1.54, 1.807) is 12.3 Å². The third-order valence-corrected chi connectivity index (χ3v) is 9.96. The van der Waals surface area contributed by atoms with Crippen molar-refractivity contribution in [3.63, 3.8) is 0 Å². The Hall–Kier alpha value is -8.28. The van der Waals surface area contributed by atoms with Crippen LogP contribution in [-0.4, -0.2) is 30.4 Å². The van der Waals surface area contributed by atoms with Gasteiger partial charge >= 0.3 is 0 Å². The molecule has 0 N–H and O–H groups in total. The van der Waals surface area contributed by atoms with Crippen molar-refractivity contribution < 1.29 is 0 Å². The van der Waals surface area contributed by atoms with Crippen molar-refractivity contribution >= 4 is 59.1 Å². The van der Waals surface area contributed by atoms with Crippen LogP contribution in [0.1, 0.15) is 43.0 Å². The fraction of sp³-hybridized carbons (Fsp3) is 0.0667. The summed E-state index contributed by atoms with van der Waals surface area (Å²) >= 11 is 0. The number of allylic oxidation sites excluding steroid dienone is 12. The smallest absolute Gasteiger partial charge is 0.0723 e. The molecular weight excluding hydrogens is 791 g/mol. The van der Waals surface area contributed by atoms with E-state index in [2.05, 4.69) is 137 Å². The molecule has 0 bridgehead atoms. The summed E-state index contributed by atoms with van der Waals surface area (Å²) in [4.78, 5) is 17.4. The molecule has 0 radical (unpaired) electrons. The number of rotatable bonds is 15. The van der Waals surface area contributed by atoms with Crippen molar-refractivity contribution in [1.82, 2.24) is 4.57 Å². The number of aromatic nitrogens is 1. The zero-order valence-corrected chi connectivity index (χ0v) is 37.7. The molecule has 0 aliphatic heterocycles. The first-order valence-corrected chi connectivity index (χ1v) is 21.5. The molecule has 322 valence electrons. The Morgan fingerprint density at radius 3 is 1.66 bits per heavy atom. The summed E-state index contributed by atoms with van der Waals surface area (Å²) in [5, 5.41) is 2.45. The summed E-state index contributed by atoms with van der Waals surface area (Å²) in [6.45, 7) is 21.8. The van der Waals surface area contributed by atoms with Crippen LogP contribution in [-0.2, 0) is 6.54 Å². The molecule has 0 unspecified atom stereocenters. The average Bonchev–Trinajstić information content (AvgIpc) is 3.70. The minimum Gasteiger partial charge on any atom is -0.309 e. The van der Waals surface area contributed by atoms with Crippen molar-refractivity contribution in [2.24, 2.45) is 20.0 Å². The summed E-state index contributed by atoms with van der Waals surface area (Å²) < 4.78 is 2.33.